The van der Waals surface area contributed by atoms with Gasteiger partial charge in [-0.3, -0.25) is 0 Å². The lowest BCUT2D eigenvalue weighted by Gasteiger charge is -2.21. The number of rotatable bonds is 7. The fourth-order valence-corrected chi connectivity index (χ4v) is 6.07. The summed E-state index contributed by atoms with van der Waals surface area (Å²) < 4.78 is 75.1. The van der Waals surface area contributed by atoms with Gasteiger partial charge in [-0.25, -0.2) is 13.4 Å². The van der Waals surface area contributed by atoms with Gasteiger partial charge in [0.15, 0.2) is 6.10 Å². The first-order valence-electron chi connectivity index (χ1n) is 12.2. The van der Waals surface area contributed by atoms with E-state index in [9.17, 15) is 21.6 Å². The largest absolute Gasteiger partial charge is 0.483 e. The zero-order chi connectivity index (χ0) is 27.8. The summed E-state index contributed by atoms with van der Waals surface area (Å²) in [5.74, 6) is -0.821. The maximum atomic E-state index is 14.4. The lowest BCUT2D eigenvalue weighted by atomic mass is 9.90. The number of ether oxygens (including phenoxy) is 1. The summed E-state index contributed by atoms with van der Waals surface area (Å²) in [4.78, 5) is 7.63. The number of fused-ring (bicyclic) bond motifs is 1. The first kappa shape index (κ1) is 26.5. The zero-order valence-electron chi connectivity index (χ0n) is 21.1. The van der Waals surface area contributed by atoms with E-state index in [1.807, 2.05) is 30.3 Å². The molecule has 0 bridgehead atoms. The van der Waals surface area contributed by atoms with Crippen molar-refractivity contribution in [2.75, 3.05) is 0 Å². The van der Waals surface area contributed by atoms with Crippen LogP contribution in [0.3, 0.4) is 0 Å². The number of sulfone groups is 1. The molecular formula is C30H25F3N2O3S. The molecule has 0 saturated carbocycles. The number of aromatic amines is 1. The van der Waals surface area contributed by atoms with Crippen molar-refractivity contribution in [1.29, 1.82) is 0 Å². The maximum absolute atomic E-state index is 14.4. The number of H-pyrrole nitrogens is 1. The predicted octanol–water partition coefficient (Wildman–Crippen LogP) is 7.54. The average molecular weight is 551 g/mol. The molecule has 2 unspecified atom stereocenters. The van der Waals surface area contributed by atoms with Crippen molar-refractivity contribution in [2.24, 2.45) is 0 Å². The van der Waals surface area contributed by atoms with Gasteiger partial charge in [-0.1, -0.05) is 54.6 Å². The zero-order valence-corrected chi connectivity index (χ0v) is 21.9. The standard InChI is InChI=1S/C30H25F3N2O3S/c1-19-8-6-7-11-27(19)39(36,37)24-15-12-21(13-16-24)28(30(31,32)33)22-14-17-25-26(18-22)35-29(34-25)20(2)38-23-9-4-3-5-10-23/h3-18,20,28H,1-2H3,(H,34,35). The Morgan fingerprint density at radius 3 is 2.15 bits per heavy atom. The van der Waals surface area contributed by atoms with E-state index < -0.39 is 28.0 Å². The molecule has 0 fully saturated rings. The summed E-state index contributed by atoms with van der Waals surface area (Å²) in [5.41, 5.74) is 1.46. The van der Waals surface area contributed by atoms with Gasteiger partial charge in [-0.05, 0) is 73.0 Å². The second-order valence-electron chi connectivity index (χ2n) is 9.28. The molecule has 200 valence electrons. The Balaban J connectivity index is 1.46. The van der Waals surface area contributed by atoms with Crippen molar-refractivity contribution in [2.45, 2.75) is 41.8 Å². The van der Waals surface area contributed by atoms with Crippen molar-refractivity contribution < 1.29 is 26.3 Å². The molecule has 0 saturated heterocycles. The van der Waals surface area contributed by atoms with E-state index in [0.717, 1.165) is 0 Å². The third-order valence-electron chi connectivity index (χ3n) is 6.53. The summed E-state index contributed by atoms with van der Waals surface area (Å²) >= 11 is 0. The molecule has 4 aromatic carbocycles. The van der Waals surface area contributed by atoms with Crippen molar-refractivity contribution in [3.63, 3.8) is 0 Å². The van der Waals surface area contributed by atoms with Crippen molar-refractivity contribution >= 4 is 20.9 Å². The second kappa shape index (κ2) is 10.2. The molecule has 1 aromatic heterocycles. The summed E-state index contributed by atoms with van der Waals surface area (Å²) in [6.45, 7) is 3.48. The first-order chi connectivity index (χ1) is 18.5. The van der Waals surface area contributed by atoms with E-state index in [1.54, 1.807) is 32.0 Å². The Labute approximate surface area is 224 Å². The summed E-state index contributed by atoms with van der Waals surface area (Å²) in [7, 11) is -3.88. The highest BCUT2D eigenvalue weighted by molar-refractivity contribution is 7.91. The van der Waals surface area contributed by atoms with Crippen LogP contribution in [-0.4, -0.2) is 24.6 Å². The van der Waals surface area contributed by atoms with E-state index in [0.29, 0.717) is 28.2 Å². The molecule has 5 aromatic rings. The minimum atomic E-state index is -4.61. The van der Waals surface area contributed by atoms with Crippen LogP contribution >= 0.6 is 0 Å². The molecule has 1 N–H and O–H groups in total. The van der Waals surface area contributed by atoms with Gasteiger partial charge in [0.1, 0.15) is 17.5 Å². The quantitative estimate of drug-likeness (QED) is 0.227. The summed E-state index contributed by atoms with van der Waals surface area (Å²) in [5, 5.41) is 0. The Bertz CT molecular complexity index is 1710. The fraction of sp³-hybridized carbons (Fsp3) is 0.167. The number of alkyl halides is 3. The number of aryl methyl sites for hydroxylation is 1. The Morgan fingerprint density at radius 2 is 1.49 bits per heavy atom. The van der Waals surface area contributed by atoms with Gasteiger partial charge < -0.3 is 9.72 Å². The second-order valence-corrected chi connectivity index (χ2v) is 11.2. The molecule has 5 rings (SSSR count). The Hall–Kier alpha value is -4.11. The molecule has 2 atom stereocenters. The number of aromatic nitrogens is 2. The average Bonchev–Trinajstić information content (AvgIpc) is 3.33. The lowest BCUT2D eigenvalue weighted by molar-refractivity contribution is -0.141. The van der Waals surface area contributed by atoms with Gasteiger partial charge >= 0.3 is 6.18 Å². The highest BCUT2D eigenvalue weighted by Crippen LogP contribution is 2.41. The highest BCUT2D eigenvalue weighted by atomic mass is 32.2. The number of hydrogen-bond donors (Lipinski definition) is 1. The summed E-state index contributed by atoms with van der Waals surface area (Å²) in [6, 6.07) is 24.9. The van der Waals surface area contributed by atoms with Crippen LogP contribution in [0.5, 0.6) is 5.75 Å². The first-order valence-corrected chi connectivity index (χ1v) is 13.7. The van der Waals surface area contributed by atoms with Crippen LogP contribution in [0.1, 0.15) is 41.5 Å². The number of benzene rings is 4. The monoisotopic (exact) mass is 550 g/mol. The minimum absolute atomic E-state index is 0.0105. The van der Waals surface area contributed by atoms with Gasteiger partial charge in [0.2, 0.25) is 9.84 Å². The van der Waals surface area contributed by atoms with Crippen LogP contribution in [0.4, 0.5) is 13.2 Å². The molecule has 1 heterocycles. The van der Waals surface area contributed by atoms with E-state index in [-0.39, 0.29) is 20.9 Å². The highest BCUT2D eigenvalue weighted by Gasteiger charge is 2.42. The molecule has 39 heavy (non-hydrogen) atoms. The molecule has 0 spiro atoms. The van der Waals surface area contributed by atoms with Gasteiger partial charge in [0.05, 0.1) is 20.8 Å². The molecular weight excluding hydrogens is 525 g/mol. The van der Waals surface area contributed by atoms with Crippen LogP contribution in [0.15, 0.2) is 107 Å². The van der Waals surface area contributed by atoms with E-state index >= 15 is 0 Å². The van der Waals surface area contributed by atoms with E-state index in [4.69, 9.17) is 4.74 Å². The molecule has 9 heteroatoms. The van der Waals surface area contributed by atoms with Gasteiger partial charge in [-0.2, -0.15) is 13.2 Å². The smallest absolute Gasteiger partial charge is 0.399 e. The van der Waals surface area contributed by atoms with Crippen molar-refractivity contribution in [3.8, 4) is 5.75 Å². The maximum Gasteiger partial charge on any atom is 0.399 e. The number of nitrogens with one attached hydrogen (secondary N) is 1. The molecule has 5 nitrogen and oxygen atoms in total. The number of halogens is 3. The van der Waals surface area contributed by atoms with Crippen LogP contribution in [0.2, 0.25) is 0 Å². The van der Waals surface area contributed by atoms with E-state index in [1.165, 1.54) is 48.5 Å². The minimum Gasteiger partial charge on any atom is -0.483 e. The van der Waals surface area contributed by atoms with Crippen LogP contribution < -0.4 is 4.74 Å². The number of imidazole rings is 1. The summed E-state index contributed by atoms with van der Waals surface area (Å²) in [6.07, 6.45) is -5.07. The SMILES string of the molecule is Cc1ccccc1S(=O)(=O)c1ccc(C(c2ccc3nc(C(C)Oc4ccccc4)[nH]c3c2)C(F)(F)F)cc1. The molecule has 0 aliphatic rings. The van der Waals surface area contributed by atoms with Crippen LogP contribution in [0, 0.1) is 6.92 Å². The normalized spacial score (nSPS) is 13.8. The number of hydrogen-bond acceptors (Lipinski definition) is 4. The fourth-order valence-electron chi connectivity index (χ4n) is 4.57. The van der Waals surface area contributed by atoms with Crippen molar-refractivity contribution in [1.82, 2.24) is 9.97 Å². The third-order valence-corrected chi connectivity index (χ3v) is 8.46. The Kier molecular flexibility index (Phi) is 6.94. The predicted molar refractivity (Wildman–Crippen MR) is 143 cm³/mol. The molecule has 0 aliphatic heterocycles. The lowest BCUT2D eigenvalue weighted by Crippen LogP contribution is -2.22. The van der Waals surface area contributed by atoms with Crippen LogP contribution in [-0.2, 0) is 9.84 Å². The van der Waals surface area contributed by atoms with Crippen LogP contribution in [0.25, 0.3) is 11.0 Å². The third kappa shape index (κ3) is 5.40. The number of para-hydroxylation sites is 1. The van der Waals surface area contributed by atoms with Gasteiger partial charge in [-0.15, -0.1) is 0 Å². The molecule has 0 amide bonds. The van der Waals surface area contributed by atoms with Crippen molar-refractivity contribution in [3.05, 3.63) is 120 Å². The molecule has 0 radical (unpaired) electrons. The van der Waals surface area contributed by atoms with Gasteiger partial charge in [0, 0.05) is 0 Å². The Morgan fingerprint density at radius 1 is 0.846 bits per heavy atom. The van der Waals surface area contributed by atoms with E-state index in [2.05, 4.69) is 9.97 Å². The topological polar surface area (TPSA) is 72.1 Å². The molecule has 0 aliphatic carbocycles. The van der Waals surface area contributed by atoms with Gasteiger partial charge in [0.25, 0.3) is 0 Å². The number of nitrogens with zero attached hydrogens (tertiary/aromatic N) is 1.